The van der Waals surface area contributed by atoms with E-state index in [0.29, 0.717) is 6.42 Å². The molecule has 1 aliphatic rings. The van der Waals surface area contributed by atoms with Crippen LogP contribution in [0.25, 0.3) is 0 Å². The predicted octanol–water partition coefficient (Wildman–Crippen LogP) is 3.76. The second-order valence-electron chi connectivity index (χ2n) is 6.93. The summed E-state index contributed by atoms with van der Waals surface area (Å²) in [6.07, 6.45) is 1.54. The lowest BCUT2D eigenvalue weighted by molar-refractivity contribution is -0.130. The molecule has 0 aromatic heterocycles. The number of nitrogens with zero attached hydrogens (tertiary/aromatic N) is 2. The molecule has 25 heavy (non-hydrogen) atoms. The van der Waals surface area contributed by atoms with Gasteiger partial charge in [0.15, 0.2) is 0 Å². The fraction of sp³-hybridized carbons (Fsp3) is 0.409. The van der Waals surface area contributed by atoms with Crippen LogP contribution in [0.4, 0.5) is 5.69 Å². The number of rotatable bonds is 4. The molecule has 1 heterocycles. The first kappa shape index (κ1) is 17.5. The maximum Gasteiger partial charge on any atom is 0.227 e. The molecule has 1 aliphatic heterocycles. The molecule has 1 saturated heterocycles. The fourth-order valence-corrected chi connectivity index (χ4v) is 3.45. The highest BCUT2D eigenvalue weighted by molar-refractivity contribution is 5.79. The lowest BCUT2D eigenvalue weighted by Gasteiger charge is -2.37. The smallest absolute Gasteiger partial charge is 0.227 e. The van der Waals surface area contributed by atoms with Crippen molar-refractivity contribution in [2.24, 2.45) is 0 Å². The molecule has 0 bridgehead atoms. The van der Waals surface area contributed by atoms with Gasteiger partial charge in [-0.3, -0.25) is 4.79 Å². The van der Waals surface area contributed by atoms with Gasteiger partial charge in [-0.2, -0.15) is 0 Å². The molecule has 0 spiro atoms. The second-order valence-corrected chi connectivity index (χ2v) is 6.93. The van der Waals surface area contributed by atoms with Crippen LogP contribution >= 0.6 is 0 Å². The van der Waals surface area contributed by atoms with E-state index >= 15 is 0 Å². The second kappa shape index (κ2) is 7.73. The van der Waals surface area contributed by atoms with Crippen LogP contribution in [0.15, 0.2) is 42.5 Å². The Morgan fingerprint density at radius 2 is 1.56 bits per heavy atom. The highest BCUT2D eigenvalue weighted by Crippen LogP contribution is 2.24. The van der Waals surface area contributed by atoms with E-state index in [9.17, 15) is 4.79 Å². The molecule has 3 nitrogen and oxygen atoms in total. The van der Waals surface area contributed by atoms with Crippen molar-refractivity contribution in [3.63, 3.8) is 0 Å². The number of carbonyl (C=O) groups excluding carboxylic acids is 1. The lowest BCUT2D eigenvalue weighted by atomic mass is 10.1. The molecule has 132 valence electrons. The van der Waals surface area contributed by atoms with Gasteiger partial charge in [0.1, 0.15) is 0 Å². The van der Waals surface area contributed by atoms with E-state index < -0.39 is 0 Å². The summed E-state index contributed by atoms with van der Waals surface area (Å²) < 4.78 is 0. The first-order valence-electron chi connectivity index (χ1n) is 9.25. The van der Waals surface area contributed by atoms with Crippen LogP contribution in [-0.4, -0.2) is 37.0 Å². The molecule has 2 aromatic carbocycles. The number of amides is 1. The van der Waals surface area contributed by atoms with Gasteiger partial charge in [-0.05, 0) is 48.6 Å². The Labute approximate surface area is 151 Å². The molecule has 3 heteroatoms. The molecule has 0 atom stereocenters. The van der Waals surface area contributed by atoms with Gasteiger partial charge in [0.05, 0.1) is 6.42 Å². The molecule has 1 amide bonds. The normalized spacial score (nSPS) is 14.7. The van der Waals surface area contributed by atoms with Crippen molar-refractivity contribution < 1.29 is 4.79 Å². The maximum absolute atomic E-state index is 12.6. The topological polar surface area (TPSA) is 23.6 Å². The molecule has 1 fully saturated rings. The molecule has 0 radical (unpaired) electrons. The zero-order valence-corrected chi connectivity index (χ0v) is 15.6. The minimum absolute atomic E-state index is 0.241. The van der Waals surface area contributed by atoms with Gasteiger partial charge in [-0.1, -0.05) is 43.3 Å². The number of hydrogen-bond acceptors (Lipinski definition) is 2. The van der Waals surface area contributed by atoms with Gasteiger partial charge in [-0.15, -0.1) is 0 Å². The highest BCUT2D eigenvalue weighted by atomic mass is 16.2. The third-order valence-electron chi connectivity index (χ3n) is 5.34. The largest absolute Gasteiger partial charge is 0.368 e. The molecule has 2 aromatic rings. The summed E-state index contributed by atoms with van der Waals surface area (Å²) in [6, 6.07) is 14.9. The van der Waals surface area contributed by atoms with Crippen LogP contribution in [0, 0.1) is 13.8 Å². The number of hydrogen-bond donors (Lipinski definition) is 0. The van der Waals surface area contributed by atoms with Gasteiger partial charge in [-0.25, -0.2) is 0 Å². The number of carbonyl (C=O) groups is 1. The van der Waals surface area contributed by atoms with Gasteiger partial charge in [0, 0.05) is 31.9 Å². The van der Waals surface area contributed by atoms with E-state index in [-0.39, 0.29) is 5.91 Å². The van der Waals surface area contributed by atoms with E-state index in [2.05, 4.69) is 68.1 Å². The number of piperazine rings is 1. The third kappa shape index (κ3) is 4.04. The van der Waals surface area contributed by atoms with Crippen LogP contribution < -0.4 is 4.90 Å². The van der Waals surface area contributed by atoms with Crippen LogP contribution in [0.2, 0.25) is 0 Å². The summed E-state index contributed by atoms with van der Waals surface area (Å²) in [7, 11) is 0. The fourth-order valence-electron chi connectivity index (χ4n) is 3.45. The van der Waals surface area contributed by atoms with Gasteiger partial charge >= 0.3 is 0 Å². The van der Waals surface area contributed by atoms with Crippen molar-refractivity contribution in [3.8, 4) is 0 Å². The Kier molecular flexibility index (Phi) is 5.42. The zero-order chi connectivity index (χ0) is 17.8. The first-order chi connectivity index (χ1) is 12.1. The van der Waals surface area contributed by atoms with E-state index in [1.165, 1.54) is 22.4 Å². The van der Waals surface area contributed by atoms with Crippen LogP contribution in [0.3, 0.4) is 0 Å². The third-order valence-corrected chi connectivity index (χ3v) is 5.34. The molecular formula is C22H28N2O. The molecule has 0 unspecified atom stereocenters. The van der Waals surface area contributed by atoms with E-state index in [4.69, 9.17) is 0 Å². The summed E-state index contributed by atoms with van der Waals surface area (Å²) in [5, 5.41) is 0. The Bertz CT molecular complexity index is 728. The molecule has 0 N–H and O–H groups in total. The van der Waals surface area contributed by atoms with Crippen LogP contribution in [0.1, 0.15) is 29.2 Å². The molecule has 3 rings (SSSR count). The monoisotopic (exact) mass is 336 g/mol. The summed E-state index contributed by atoms with van der Waals surface area (Å²) in [5.74, 6) is 0.241. The van der Waals surface area contributed by atoms with Crippen LogP contribution in [-0.2, 0) is 17.6 Å². The van der Waals surface area contributed by atoms with E-state index in [1.807, 2.05) is 4.90 Å². The van der Waals surface area contributed by atoms with E-state index in [1.54, 1.807) is 0 Å². The standard InChI is InChI=1S/C22H28N2O/c1-4-19-8-10-20(11-9-19)16-22(25)24-14-12-23(13-15-24)21-7-5-6-17(2)18(21)3/h5-11H,4,12-16H2,1-3H3. The summed E-state index contributed by atoms with van der Waals surface area (Å²) >= 11 is 0. The average Bonchev–Trinajstić information content (AvgIpc) is 2.65. The summed E-state index contributed by atoms with van der Waals surface area (Å²) in [6.45, 7) is 9.91. The van der Waals surface area contributed by atoms with Crippen molar-refractivity contribution >= 4 is 11.6 Å². The minimum Gasteiger partial charge on any atom is -0.368 e. The highest BCUT2D eigenvalue weighted by Gasteiger charge is 2.22. The molecule has 0 aliphatic carbocycles. The average molecular weight is 336 g/mol. The SMILES string of the molecule is CCc1ccc(CC(=O)N2CCN(c3cccc(C)c3C)CC2)cc1. The summed E-state index contributed by atoms with van der Waals surface area (Å²) in [5.41, 5.74) is 6.41. The number of aryl methyl sites for hydroxylation is 2. The first-order valence-corrected chi connectivity index (χ1v) is 9.25. The Hall–Kier alpha value is -2.29. The summed E-state index contributed by atoms with van der Waals surface area (Å²) in [4.78, 5) is 17.0. The van der Waals surface area contributed by atoms with Crippen LogP contribution in [0.5, 0.6) is 0 Å². The predicted molar refractivity (Wildman–Crippen MR) is 104 cm³/mol. The quantitative estimate of drug-likeness (QED) is 0.849. The van der Waals surface area contributed by atoms with Crippen molar-refractivity contribution in [1.82, 2.24) is 4.90 Å². The zero-order valence-electron chi connectivity index (χ0n) is 15.6. The van der Waals surface area contributed by atoms with Gasteiger partial charge in [0.25, 0.3) is 0 Å². The number of anilines is 1. The molecule has 0 saturated carbocycles. The lowest BCUT2D eigenvalue weighted by Crippen LogP contribution is -2.49. The Morgan fingerprint density at radius 3 is 2.20 bits per heavy atom. The van der Waals surface area contributed by atoms with Gasteiger partial charge < -0.3 is 9.80 Å². The van der Waals surface area contributed by atoms with Crippen molar-refractivity contribution in [2.75, 3.05) is 31.1 Å². The Morgan fingerprint density at radius 1 is 0.920 bits per heavy atom. The van der Waals surface area contributed by atoms with Crippen molar-refractivity contribution in [1.29, 1.82) is 0 Å². The number of benzene rings is 2. The Balaban J connectivity index is 1.57. The minimum atomic E-state index is 0.241. The van der Waals surface area contributed by atoms with Crippen molar-refractivity contribution in [3.05, 3.63) is 64.7 Å². The van der Waals surface area contributed by atoms with Crippen molar-refractivity contribution in [2.45, 2.75) is 33.6 Å². The van der Waals surface area contributed by atoms with Gasteiger partial charge in [0.2, 0.25) is 5.91 Å². The van der Waals surface area contributed by atoms with E-state index in [0.717, 1.165) is 38.2 Å². The maximum atomic E-state index is 12.6. The molecular weight excluding hydrogens is 308 g/mol.